The van der Waals surface area contributed by atoms with Crippen molar-refractivity contribution < 1.29 is 4.74 Å². The predicted octanol–water partition coefficient (Wildman–Crippen LogP) is 4.68. The van der Waals surface area contributed by atoms with Crippen LogP contribution in [0.2, 0.25) is 0 Å². The molecule has 0 saturated heterocycles. The number of halogens is 1. The van der Waals surface area contributed by atoms with Crippen LogP contribution in [-0.4, -0.2) is 17.0 Å². The highest BCUT2D eigenvalue weighted by atomic mass is 79.9. The summed E-state index contributed by atoms with van der Waals surface area (Å²) in [5.74, 6) is 0.864. The molecule has 0 aliphatic heterocycles. The van der Waals surface area contributed by atoms with Gasteiger partial charge in [-0.05, 0) is 38.0 Å². The van der Waals surface area contributed by atoms with Crippen LogP contribution in [0, 0.1) is 5.92 Å². The molecule has 2 heteroatoms. The van der Waals surface area contributed by atoms with Crippen molar-refractivity contribution in [1.29, 1.82) is 0 Å². The third kappa shape index (κ3) is 2.81. The van der Waals surface area contributed by atoms with Gasteiger partial charge in [0.15, 0.2) is 0 Å². The predicted molar refractivity (Wildman–Crippen MR) is 72.1 cm³/mol. The monoisotopic (exact) mass is 288 g/mol. The fraction of sp³-hybridized carbons (Fsp3) is 1.00. The molecule has 2 saturated carbocycles. The molecule has 2 aliphatic carbocycles. The van der Waals surface area contributed by atoms with Gasteiger partial charge in [-0.25, -0.2) is 0 Å². The van der Waals surface area contributed by atoms with Crippen molar-refractivity contribution in [3.63, 3.8) is 0 Å². The largest absolute Gasteiger partial charge is 0.371 e. The number of rotatable bonds is 5. The lowest BCUT2D eigenvalue weighted by atomic mass is 9.79. The van der Waals surface area contributed by atoms with Gasteiger partial charge in [0.05, 0.1) is 11.7 Å². The minimum atomic E-state index is 0.175. The average molecular weight is 289 g/mol. The SMILES string of the molecule is CCC(OC1(CBr)CCCCC1)C1CCC1. The van der Waals surface area contributed by atoms with Crippen molar-refractivity contribution in [2.75, 3.05) is 5.33 Å². The smallest absolute Gasteiger partial charge is 0.0782 e. The molecule has 1 unspecified atom stereocenters. The van der Waals surface area contributed by atoms with Gasteiger partial charge in [-0.2, -0.15) is 0 Å². The van der Waals surface area contributed by atoms with Crippen molar-refractivity contribution >= 4 is 15.9 Å². The maximum absolute atomic E-state index is 6.53. The molecule has 2 rings (SSSR count). The van der Waals surface area contributed by atoms with Crippen LogP contribution in [0.1, 0.15) is 64.7 Å². The first kappa shape index (κ1) is 12.9. The highest BCUT2D eigenvalue weighted by Crippen LogP contribution is 2.39. The van der Waals surface area contributed by atoms with Crippen LogP contribution in [0.15, 0.2) is 0 Å². The number of hydrogen-bond acceptors (Lipinski definition) is 1. The second-order valence-corrected chi connectivity index (χ2v) is 6.19. The summed E-state index contributed by atoms with van der Waals surface area (Å²) in [4.78, 5) is 0. The van der Waals surface area contributed by atoms with E-state index >= 15 is 0 Å². The van der Waals surface area contributed by atoms with Crippen LogP contribution < -0.4 is 0 Å². The Bertz CT molecular complexity index is 207. The molecule has 0 aromatic heterocycles. The number of alkyl halides is 1. The Morgan fingerprint density at radius 2 is 1.88 bits per heavy atom. The van der Waals surface area contributed by atoms with E-state index in [1.54, 1.807) is 0 Å². The van der Waals surface area contributed by atoms with E-state index in [-0.39, 0.29) is 5.60 Å². The van der Waals surface area contributed by atoms with E-state index < -0.39 is 0 Å². The first-order chi connectivity index (χ1) is 7.79. The van der Waals surface area contributed by atoms with Gasteiger partial charge in [-0.15, -0.1) is 0 Å². The van der Waals surface area contributed by atoms with E-state index in [1.807, 2.05) is 0 Å². The summed E-state index contributed by atoms with van der Waals surface area (Å²) >= 11 is 3.69. The van der Waals surface area contributed by atoms with Gasteiger partial charge in [0.25, 0.3) is 0 Å². The molecule has 0 N–H and O–H groups in total. The van der Waals surface area contributed by atoms with Crippen LogP contribution in [-0.2, 0) is 4.74 Å². The standard InChI is InChI=1S/C14H25BrO/c1-2-13(12-7-6-8-12)16-14(11-15)9-4-3-5-10-14/h12-13H,2-11H2,1H3. The molecule has 1 nitrogen and oxygen atoms in total. The zero-order valence-corrected chi connectivity index (χ0v) is 12.1. The molecule has 0 aromatic carbocycles. The highest BCUT2D eigenvalue weighted by Gasteiger charge is 2.37. The van der Waals surface area contributed by atoms with Gasteiger partial charge in [0, 0.05) is 5.33 Å². The van der Waals surface area contributed by atoms with Crippen molar-refractivity contribution in [3.8, 4) is 0 Å². The van der Waals surface area contributed by atoms with Crippen LogP contribution >= 0.6 is 15.9 Å². The maximum Gasteiger partial charge on any atom is 0.0782 e. The maximum atomic E-state index is 6.53. The van der Waals surface area contributed by atoms with Crippen LogP contribution in [0.5, 0.6) is 0 Å². The third-order valence-corrected chi connectivity index (χ3v) is 5.51. The zero-order chi connectivity index (χ0) is 11.4. The lowest BCUT2D eigenvalue weighted by molar-refractivity contribution is -0.130. The summed E-state index contributed by atoms with van der Waals surface area (Å²) < 4.78 is 6.53. The minimum absolute atomic E-state index is 0.175. The molecule has 1 atom stereocenters. The Labute approximate surface area is 108 Å². The Morgan fingerprint density at radius 1 is 1.19 bits per heavy atom. The van der Waals surface area contributed by atoms with Gasteiger partial charge in [0.2, 0.25) is 0 Å². The van der Waals surface area contributed by atoms with Crippen molar-refractivity contribution in [2.24, 2.45) is 5.92 Å². The molecule has 0 aromatic rings. The minimum Gasteiger partial charge on any atom is -0.371 e. The second-order valence-electron chi connectivity index (χ2n) is 5.63. The van der Waals surface area contributed by atoms with E-state index in [0.717, 1.165) is 11.2 Å². The zero-order valence-electron chi connectivity index (χ0n) is 10.5. The number of ether oxygens (including phenoxy) is 1. The molecular weight excluding hydrogens is 264 g/mol. The van der Waals surface area contributed by atoms with Gasteiger partial charge >= 0.3 is 0 Å². The third-order valence-electron chi connectivity index (χ3n) is 4.49. The Morgan fingerprint density at radius 3 is 2.31 bits per heavy atom. The van der Waals surface area contributed by atoms with Gasteiger partial charge in [-0.3, -0.25) is 0 Å². The molecule has 0 amide bonds. The second kappa shape index (κ2) is 5.86. The first-order valence-corrected chi connectivity index (χ1v) is 8.15. The lowest BCUT2D eigenvalue weighted by Gasteiger charge is -2.43. The fourth-order valence-electron chi connectivity index (χ4n) is 3.12. The molecule has 16 heavy (non-hydrogen) atoms. The summed E-state index contributed by atoms with van der Waals surface area (Å²) in [6, 6.07) is 0. The van der Waals surface area contributed by atoms with Gasteiger partial charge < -0.3 is 4.74 Å². The first-order valence-electron chi connectivity index (χ1n) is 7.03. The van der Waals surface area contributed by atoms with Crippen LogP contribution in [0.4, 0.5) is 0 Å². The molecule has 2 aliphatic rings. The summed E-state index contributed by atoms with van der Waals surface area (Å²) in [5.41, 5.74) is 0.175. The van der Waals surface area contributed by atoms with Gasteiger partial charge in [-0.1, -0.05) is 48.5 Å². The Kier molecular flexibility index (Phi) is 4.72. The molecular formula is C14H25BrO. The van der Waals surface area contributed by atoms with E-state index in [1.165, 1.54) is 57.8 Å². The van der Waals surface area contributed by atoms with Crippen molar-refractivity contribution in [2.45, 2.75) is 76.4 Å². The van der Waals surface area contributed by atoms with E-state index in [2.05, 4.69) is 22.9 Å². The summed E-state index contributed by atoms with van der Waals surface area (Å²) in [6.07, 6.45) is 12.6. The quantitative estimate of drug-likeness (QED) is 0.668. The lowest BCUT2D eigenvalue weighted by Crippen LogP contribution is -2.43. The average Bonchev–Trinajstić information content (AvgIpc) is 2.27. The Balaban J connectivity index is 1.92. The van der Waals surface area contributed by atoms with E-state index in [4.69, 9.17) is 4.74 Å². The summed E-state index contributed by atoms with van der Waals surface area (Å²) in [7, 11) is 0. The fourth-order valence-corrected chi connectivity index (χ4v) is 3.82. The number of hydrogen-bond donors (Lipinski definition) is 0. The molecule has 94 valence electrons. The molecule has 0 heterocycles. The molecule has 0 spiro atoms. The van der Waals surface area contributed by atoms with Crippen molar-refractivity contribution in [3.05, 3.63) is 0 Å². The Hall–Kier alpha value is 0.440. The van der Waals surface area contributed by atoms with Crippen LogP contribution in [0.3, 0.4) is 0 Å². The highest BCUT2D eigenvalue weighted by molar-refractivity contribution is 9.09. The summed E-state index contributed by atoms with van der Waals surface area (Å²) in [6.45, 7) is 2.29. The molecule has 0 bridgehead atoms. The van der Waals surface area contributed by atoms with Gasteiger partial charge in [0.1, 0.15) is 0 Å². The summed E-state index contributed by atoms with van der Waals surface area (Å²) in [5, 5.41) is 1.03. The van der Waals surface area contributed by atoms with Crippen molar-refractivity contribution in [1.82, 2.24) is 0 Å². The van der Waals surface area contributed by atoms with Crippen LogP contribution in [0.25, 0.3) is 0 Å². The van der Waals surface area contributed by atoms with E-state index in [0.29, 0.717) is 6.10 Å². The molecule has 0 radical (unpaired) electrons. The topological polar surface area (TPSA) is 9.23 Å². The van der Waals surface area contributed by atoms with E-state index in [9.17, 15) is 0 Å². The molecule has 2 fully saturated rings. The normalized spacial score (nSPS) is 27.4.